The van der Waals surface area contributed by atoms with Gasteiger partial charge in [0.1, 0.15) is 0 Å². The Morgan fingerprint density at radius 2 is 2.05 bits per heavy atom. The molecular formula is C12H11BrF3N3. The van der Waals surface area contributed by atoms with E-state index in [9.17, 15) is 13.2 Å². The van der Waals surface area contributed by atoms with Crippen LogP contribution in [0.4, 0.5) is 13.2 Å². The number of hydrogen-bond donors (Lipinski definition) is 1. The lowest BCUT2D eigenvalue weighted by Gasteiger charge is -2.14. The molecule has 2 rings (SSSR count). The zero-order chi connectivity index (χ0) is 14.2. The summed E-state index contributed by atoms with van der Waals surface area (Å²) in [4.78, 5) is 3.92. The van der Waals surface area contributed by atoms with Gasteiger partial charge in [0.15, 0.2) is 0 Å². The van der Waals surface area contributed by atoms with E-state index in [1.165, 1.54) is 12.4 Å². The maximum atomic E-state index is 12.8. The van der Waals surface area contributed by atoms with E-state index < -0.39 is 11.7 Å². The second-order valence-electron chi connectivity index (χ2n) is 4.14. The lowest BCUT2D eigenvalue weighted by Crippen LogP contribution is -2.12. The van der Waals surface area contributed by atoms with E-state index in [-0.39, 0.29) is 10.5 Å². The number of imidazole rings is 1. The average Bonchev–Trinajstić information content (AvgIpc) is 2.77. The Balaban J connectivity index is 2.55. The fourth-order valence-corrected chi connectivity index (χ4v) is 2.21. The maximum absolute atomic E-state index is 12.8. The molecule has 2 N–H and O–H groups in total. The van der Waals surface area contributed by atoms with E-state index in [1.807, 2.05) is 0 Å². The fourth-order valence-electron chi connectivity index (χ4n) is 1.74. The summed E-state index contributed by atoms with van der Waals surface area (Å²) in [6.45, 7) is 1.75. The number of nitrogens with zero attached hydrogens (tertiary/aromatic N) is 2. The molecule has 0 spiro atoms. The minimum atomic E-state index is -4.41. The van der Waals surface area contributed by atoms with Gasteiger partial charge in [-0.15, -0.1) is 0 Å². The Bertz CT molecular complexity index is 590. The van der Waals surface area contributed by atoms with Crippen LogP contribution < -0.4 is 5.73 Å². The molecule has 0 unspecified atom stereocenters. The van der Waals surface area contributed by atoms with Crippen molar-refractivity contribution in [1.29, 1.82) is 0 Å². The van der Waals surface area contributed by atoms with Gasteiger partial charge in [-0.25, -0.2) is 4.98 Å². The first kappa shape index (κ1) is 14.1. The van der Waals surface area contributed by atoms with E-state index in [1.54, 1.807) is 23.8 Å². The van der Waals surface area contributed by atoms with Crippen molar-refractivity contribution in [3.05, 3.63) is 46.5 Å². The smallest absolute Gasteiger partial charge is 0.323 e. The van der Waals surface area contributed by atoms with Gasteiger partial charge in [0.25, 0.3) is 0 Å². The molecule has 0 aliphatic heterocycles. The van der Waals surface area contributed by atoms with Crippen molar-refractivity contribution in [3.63, 3.8) is 0 Å². The number of alkyl halides is 3. The van der Waals surface area contributed by atoms with Crippen molar-refractivity contribution >= 4 is 15.9 Å². The first-order valence-corrected chi connectivity index (χ1v) is 6.25. The minimum absolute atomic E-state index is 0.00575. The fraction of sp³-hybridized carbons (Fsp3) is 0.250. The Morgan fingerprint density at radius 3 is 2.63 bits per heavy atom. The largest absolute Gasteiger partial charge is 0.417 e. The molecule has 1 aromatic heterocycles. The Kier molecular flexibility index (Phi) is 3.69. The first-order valence-electron chi connectivity index (χ1n) is 5.45. The van der Waals surface area contributed by atoms with E-state index in [4.69, 9.17) is 5.73 Å². The molecule has 0 aliphatic rings. The molecule has 3 nitrogen and oxygen atoms in total. The number of hydrogen-bond acceptors (Lipinski definition) is 2. The molecule has 1 heterocycles. The normalized spacial score (nSPS) is 13.6. The molecule has 0 bridgehead atoms. The summed E-state index contributed by atoms with van der Waals surface area (Å²) in [6.07, 6.45) is -1.42. The van der Waals surface area contributed by atoms with Gasteiger partial charge in [0.05, 0.1) is 23.8 Å². The van der Waals surface area contributed by atoms with Gasteiger partial charge in [0, 0.05) is 16.2 Å². The molecule has 1 aromatic carbocycles. The average molecular weight is 334 g/mol. The Labute approximate surface area is 116 Å². The summed E-state index contributed by atoms with van der Waals surface area (Å²) in [7, 11) is 0. The van der Waals surface area contributed by atoms with E-state index >= 15 is 0 Å². The highest BCUT2D eigenvalue weighted by molar-refractivity contribution is 9.10. The third-order valence-corrected chi connectivity index (χ3v) is 3.36. The topological polar surface area (TPSA) is 43.8 Å². The lowest BCUT2D eigenvalue weighted by molar-refractivity contribution is -0.138. The molecule has 1 atom stereocenters. The lowest BCUT2D eigenvalue weighted by atomic mass is 10.2. The number of rotatable bonds is 2. The first-order chi connectivity index (χ1) is 8.80. The Morgan fingerprint density at radius 1 is 1.37 bits per heavy atom. The molecular weight excluding hydrogens is 323 g/mol. The highest BCUT2D eigenvalue weighted by Gasteiger charge is 2.33. The van der Waals surface area contributed by atoms with Crippen molar-refractivity contribution in [2.75, 3.05) is 0 Å². The van der Waals surface area contributed by atoms with Crippen LogP contribution >= 0.6 is 15.9 Å². The molecule has 19 heavy (non-hydrogen) atoms. The molecule has 7 heteroatoms. The predicted molar refractivity (Wildman–Crippen MR) is 68.9 cm³/mol. The van der Waals surface area contributed by atoms with Crippen molar-refractivity contribution in [2.24, 2.45) is 5.73 Å². The van der Waals surface area contributed by atoms with E-state index in [0.29, 0.717) is 11.4 Å². The second-order valence-corrected chi connectivity index (χ2v) is 4.99. The van der Waals surface area contributed by atoms with Crippen molar-refractivity contribution < 1.29 is 13.2 Å². The van der Waals surface area contributed by atoms with Crippen LogP contribution in [0, 0.1) is 0 Å². The molecule has 2 aromatic rings. The summed E-state index contributed by atoms with van der Waals surface area (Å²) in [5.41, 5.74) is 6.05. The molecule has 0 radical (unpaired) electrons. The van der Waals surface area contributed by atoms with Gasteiger partial charge in [-0.05, 0) is 25.1 Å². The predicted octanol–water partition coefficient (Wildman–Crippen LogP) is 3.67. The summed E-state index contributed by atoms with van der Waals surface area (Å²) in [5.74, 6) is 0. The quantitative estimate of drug-likeness (QED) is 0.911. The van der Waals surface area contributed by atoms with E-state index in [2.05, 4.69) is 20.9 Å². The number of aromatic nitrogens is 2. The third kappa shape index (κ3) is 2.82. The summed E-state index contributed by atoms with van der Waals surface area (Å²) in [5, 5.41) is 0. The molecule has 102 valence electrons. The van der Waals surface area contributed by atoms with Crippen molar-refractivity contribution in [2.45, 2.75) is 19.1 Å². The zero-order valence-corrected chi connectivity index (χ0v) is 11.5. The van der Waals surface area contributed by atoms with Crippen molar-refractivity contribution in [1.82, 2.24) is 9.55 Å². The molecule has 0 saturated carbocycles. The molecule has 0 fully saturated rings. The van der Waals surface area contributed by atoms with Gasteiger partial charge in [-0.2, -0.15) is 13.2 Å². The van der Waals surface area contributed by atoms with Crippen LogP contribution in [0.5, 0.6) is 0 Å². The molecule has 0 amide bonds. The van der Waals surface area contributed by atoms with Crippen LogP contribution in [0.1, 0.15) is 24.2 Å². The maximum Gasteiger partial charge on any atom is 0.417 e. The van der Waals surface area contributed by atoms with Gasteiger partial charge < -0.3 is 10.3 Å². The molecule has 0 saturated heterocycles. The number of halogens is 4. The van der Waals surface area contributed by atoms with E-state index in [0.717, 1.165) is 6.07 Å². The van der Waals surface area contributed by atoms with Crippen LogP contribution in [0.15, 0.2) is 35.2 Å². The van der Waals surface area contributed by atoms with Crippen LogP contribution in [-0.2, 0) is 6.18 Å². The SMILES string of the molecule is C[C@@H](N)c1cncn1-c1ccc(Br)c(C(F)(F)F)c1. The summed E-state index contributed by atoms with van der Waals surface area (Å²) >= 11 is 2.91. The summed E-state index contributed by atoms with van der Waals surface area (Å²) < 4.78 is 40.1. The zero-order valence-electron chi connectivity index (χ0n) is 9.95. The van der Waals surface area contributed by atoms with Gasteiger partial charge in [-0.1, -0.05) is 15.9 Å². The van der Waals surface area contributed by atoms with Gasteiger partial charge in [0.2, 0.25) is 0 Å². The van der Waals surface area contributed by atoms with Gasteiger partial charge in [-0.3, -0.25) is 0 Å². The standard InChI is InChI=1S/C12H11BrF3N3/c1-7(17)11-5-18-6-19(11)8-2-3-10(13)9(4-8)12(14,15)16/h2-7H,17H2,1H3/t7-/m1/s1. The second kappa shape index (κ2) is 4.97. The number of benzene rings is 1. The molecule has 0 aliphatic carbocycles. The summed E-state index contributed by atoms with van der Waals surface area (Å²) in [6, 6.07) is 3.69. The highest BCUT2D eigenvalue weighted by atomic mass is 79.9. The third-order valence-electron chi connectivity index (χ3n) is 2.67. The van der Waals surface area contributed by atoms with Crippen LogP contribution in [0.2, 0.25) is 0 Å². The monoisotopic (exact) mass is 333 g/mol. The van der Waals surface area contributed by atoms with Crippen molar-refractivity contribution in [3.8, 4) is 5.69 Å². The van der Waals surface area contributed by atoms with Gasteiger partial charge >= 0.3 is 6.18 Å². The minimum Gasteiger partial charge on any atom is -0.323 e. The highest BCUT2D eigenvalue weighted by Crippen LogP contribution is 2.36. The van der Waals surface area contributed by atoms with Crippen LogP contribution in [-0.4, -0.2) is 9.55 Å². The Hall–Kier alpha value is -1.34. The number of nitrogens with two attached hydrogens (primary N) is 1. The van der Waals surface area contributed by atoms with Crippen LogP contribution in [0.3, 0.4) is 0 Å². The van der Waals surface area contributed by atoms with Crippen LogP contribution in [0.25, 0.3) is 5.69 Å².